The zero-order valence-electron chi connectivity index (χ0n) is 11.1. The first-order chi connectivity index (χ1) is 9.28. The molecule has 1 atom stereocenters. The molecule has 1 aromatic carbocycles. The summed E-state index contributed by atoms with van der Waals surface area (Å²) < 4.78 is 10.0. The van der Waals surface area contributed by atoms with Crippen LogP contribution in [0.4, 0.5) is 16.2 Å². The number of ether oxygens (including phenoxy) is 2. The molecule has 1 fully saturated rings. The Bertz CT molecular complexity index is 417. The molecule has 104 valence electrons. The number of amides is 1. The van der Waals surface area contributed by atoms with Gasteiger partial charge in [0.2, 0.25) is 0 Å². The van der Waals surface area contributed by atoms with Crippen LogP contribution in [0.25, 0.3) is 0 Å². The molecule has 5 nitrogen and oxygen atoms in total. The monoisotopic (exact) mass is 264 g/mol. The molecule has 0 bridgehead atoms. The summed E-state index contributed by atoms with van der Waals surface area (Å²) in [4.78, 5) is 11.1. The van der Waals surface area contributed by atoms with Crippen LogP contribution in [0.2, 0.25) is 0 Å². The fourth-order valence-corrected chi connectivity index (χ4v) is 2.11. The van der Waals surface area contributed by atoms with Crippen LogP contribution in [0.1, 0.15) is 12.8 Å². The second-order valence-corrected chi connectivity index (χ2v) is 4.66. The van der Waals surface area contributed by atoms with Gasteiger partial charge in [0.1, 0.15) is 0 Å². The SMILES string of the molecule is COC(=O)Nc1cccc(NCC2CCCOC2)c1. The van der Waals surface area contributed by atoms with E-state index in [0.29, 0.717) is 5.92 Å². The minimum Gasteiger partial charge on any atom is -0.453 e. The summed E-state index contributed by atoms with van der Waals surface area (Å²) in [6, 6.07) is 7.59. The Morgan fingerprint density at radius 3 is 3.05 bits per heavy atom. The van der Waals surface area contributed by atoms with Gasteiger partial charge >= 0.3 is 6.09 Å². The van der Waals surface area contributed by atoms with E-state index in [1.165, 1.54) is 13.5 Å². The lowest BCUT2D eigenvalue weighted by Crippen LogP contribution is -2.24. The zero-order valence-corrected chi connectivity index (χ0v) is 11.1. The van der Waals surface area contributed by atoms with Crippen molar-refractivity contribution < 1.29 is 14.3 Å². The highest BCUT2D eigenvalue weighted by atomic mass is 16.5. The number of anilines is 2. The van der Waals surface area contributed by atoms with E-state index in [1.807, 2.05) is 24.3 Å². The van der Waals surface area contributed by atoms with Crippen molar-refractivity contribution in [1.82, 2.24) is 0 Å². The Morgan fingerprint density at radius 2 is 2.32 bits per heavy atom. The van der Waals surface area contributed by atoms with Crippen molar-refractivity contribution in [2.24, 2.45) is 5.92 Å². The van der Waals surface area contributed by atoms with E-state index in [4.69, 9.17) is 4.74 Å². The lowest BCUT2D eigenvalue weighted by atomic mass is 10.0. The van der Waals surface area contributed by atoms with Gasteiger partial charge in [-0.3, -0.25) is 5.32 Å². The number of benzene rings is 1. The van der Waals surface area contributed by atoms with E-state index >= 15 is 0 Å². The van der Waals surface area contributed by atoms with Gasteiger partial charge in [-0.2, -0.15) is 0 Å². The second-order valence-electron chi connectivity index (χ2n) is 4.66. The molecule has 1 unspecified atom stereocenters. The Balaban J connectivity index is 1.85. The van der Waals surface area contributed by atoms with Crippen LogP contribution in [-0.4, -0.2) is 33.0 Å². The first-order valence-electron chi connectivity index (χ1n) is 6.54. The summed E-state index contributed by atoms with van der Waals surface area (Å²) in [6.07, 6.45) is 1.88. The summed E-state index contributed by atoms with van der Waals surface area (Å²) in [6.45, 7) is 2.60. The van der Waals surface area contributed by atoms with Gasteiger partial charge < -0.3 is 14.8 Å². The largest absolute Gasteiger partial charge is 0.453 e. The fraction of sp³-hybridized carbons (Fsp3) is 0.500. The molecular weight excluding hydrogens is 244 g/mol. The van der Waals surface area contributed by atoms with Gasteiger partial charge in [0.05, 0.1) is 13.7 Å². The van der Waals surface area contributed by atoms with Gasteiger partial charge in [0.25, 0.3) is 0 Å². The third-order valence-electron chi connectivity index (χ3n) is 3.14. The van der Waals surface area contributed by atoms with Crippen molar-refractivity contribution in [2.45, 2.75) is 12.8 Å². The van der Waals surface area contributed by atoms with E-state index in [0.717, 1.165) is 37.6 Å². The molecule has 0 spiro atoms. The van der Waals surface area contributed by atoms with Crippen molar-refractivity contribution in [2.75, 3.05) is 37.5 Å². The number of carbonyl (C=O) groups is 1. The highest BCUT2D eigenvalue weighted by molar-refractivity contribution is 5.85. The number of nitrogens with one attached hydrogen (secondary N) is 2. The topological polar surface area (TPSA) is 59.6 Å². The standard InChI is InChI=1S/C14H20N2O3/c1-18-14(17)16-13-6-2-5-12(8-13)15-9-11-4-3-7-19-10-11/h2,5-6,8,11,15H,3-4,7,9-10H2,1H3,(H,16,17). The Morgan fingerprint density at radius 1 is 1.47 bits per heavy atom. The third kappa shape index (κ3) is 4.44. The fourth-order valence-electron chi connectivity index (χ4n) is 2.11. The summed E-state index contributed by atoms with van der Waals surface area (Å²) in [5.74, 6) is 0.561. The summed E-state index contributed by atoms with van der Waals surface area (Å²) in [5, 5.41) is 6.02. The maximum absolute atomic E-state index is 11.1. The first kappa shape index (κ1) is 13.7. The molecule has 0 aliphatic carbocycles. The molecule has 0 aromatic heterocycles. The third-order valence-corrected chi connectivity index (χ3v) is 3.14. The normalized spacial score (nSPS) is 18.7. The molecule has 1 aliphatic rings. The zero-order chi connectivity index (χ0) is 13.5. The van der Waals surface area contributed by atoms with Crippen LogP contribution in [0.5, 0.6) is 0 Å². The summed E-state index contributed by atoms with van der Waals surface area (Å²) in [7, 11) is 1.35. The lowest BCUT2D eigenvalue weighted by Gasteiger charge is -2.22. The molecule has 1 aromatic rings. The molecular formula is C14H20N2O3. The quantitative estimate of drug-likeness (QED) is 0.877. The van der Waals surface area contributed by atoms with E-state index < -0.39 is 6.09 Å². The van der Waals surface area contributed by atoms with Crippen molar-refractivity contribution in [3.05, 3.63) is 24.3 Å². The average Bonchev–Trinajstić information content (AvgIpc) is 2.46. The highest BCUT2D eigenvalue weighted by Gasteiger charge is 2.13. The van der Waals surface area contributed by atoms with E-state index in [-0.39, 0.29) is 0 Å². The van der Waals surface area contributed by atoms with Crippen LogP contribution < -0.4 is 10.6 Å². The van der Waals surface area contributed by atoms with Gasteiger partial charge in [0.15, 0.2) is 0 Å². The van der Waals surface area contributed by atoms with Crippen LogP contribution in [0, 0.1) is 5.92 Å². The van der Waals surface area contributed by atoms with Crippen molar-refractivity contribution >= 4 is 17.5 Å². The Labute approximate surface area is 113 Å². The minimum absolute atomic E-state index is 0.460. The molecule has 1 saturated heterocycles. The van der Waals surface area contributed by atoms with E-state index in [9.17, 15) is 4.79 Å². The second kappa shape index (κ2) is 6.99. The molecule has 1 aliphatic heterocycles. The molecule has 0 radical (unpaired) electrons. The van der Waals surface area contributed by atoms with E-state index in [2.05, 4.69) is 15.4 Å². The molecule has 19 heavy (non-hydrogen) atoms. The molecule has 1 heterocycles. The van der Waals surface area contributed by atoms with Gasteiger partial charge in [-0.25, -0.2) is 4.79 Å². The number of hydrogen-bond acceptors (Lipinski definition) is 4. The van der Waals surface area contributed by atoms with Gasteiger partial charge in [-0.15, -0.1) is 0 Å². The smallest absolute Gasteiger partial charge is 0.411 e. The van der Waals surface area contributed by atoms with Crippen molar-refractivity contribution in [3.8, 4) is 0 Å². The number of rotatable bonds is 4. The molecule has 0 saturated carbocycles. The number of carbonyl (C=O) groups excluding carboxylic acids is 1. The maximum atomic E-state index is 11.1. The summed E-state index contributed by atoms with van der Waals surface area (Å²) in [5.41, 5.74) is 1.70. The van der Waals surface area contributed by atoms with Crippen LogP contribution in [-0.2, 0) is 9.47 Å². The number of methoxy groups -OCH3 is 1. The highest BCUT2D eigenvalue weighted by Crippen LogP contribution is 2.18. The predicted octanol–water partition coefficient (Wildman–Crippen LogP) is 2.70. The van der Waals surface area contributed by atoms with Gasteiger partial charge in [0, 0.05) is 24.5 Å². The predicted molar refractivity (Wildman–Crippen MR) is 74.5 cm³/mol. The molecule has 5 heteroatoms. The molecule has 2 N–H and O–H groups in total. The molecule has 2 rings (SSSR count). The van der Waals surface area contributed by atoms with Crippen LogP contribution in [0.3, 0.4) is 0 Å². The first-order valence-corrected chi connectivity index (χ1v) is 6.54. The minimum atomic E-state index is -0.460. The summed E-state index contributed by atoms with van der Waals surface area (Å²) >= 11 is 0. The lowest BCUT2D eigenvalue weighted by molar-refractivity contribution is 0.0595. The van der Waals surface area contributed by atoms with Crippen LogP contribution in [0.15, 0.2) is 24.3 Å². The van der Waals surface area contributed by atoms with Crippen LogP contribution >= 0.6 is 0 Å². The molecule has 1 amide bonds. The van der Waals surface area contributed by atoms with Crippen molar-refractivity contribution in [3.63, 3.8) is 0 Å². The Hall–Kier alpha value is -1.75. The van der Waals surface area contributed by atoms with Gasteiger partial charge in [-0.05, 0) is 37.0 Å². The maximum Gasteiger partial charge on any atom is 0.411 e. The average molecular weight is 264 g/mol. The van der Waals surface area contributed by atoms with Gasteiger partial charge in [-0.1, -0.05) is 6.07 Å². The van der Waals surface area contributed by atoms with Crippen molar-refractivity contribution in [1.29, 1.82) is 0 Å². The van der Waals surface area contributed by atoms with E-state index in [1.54, 1.807) is 0 Å². The number of hydrogen-bond donors (Lipinski definition) is 2. The Kier molecular flexibility index (Phi) is 5.03.